The predicted molar refractivity (Wildman–Crippen MR) is 89.2 cm³/mol. The second-order valence-corrected chi connectivity index (χ2v) is 6.08. The van der Waals surface area contributed by atoms with E-state index in [0.717, 1.165) is 12.8 Å². The van der Waals surface area contributed by atoms with Crippen molar-refractivity contribution in [2.45, 2.75) is 39.5 Å². The second-order valence-electron chi connectivity index (χ2n) is 6.08. The van der Waals surface area contributed by atoms with Crippen LogP contribution in [0.15, 0.2) is 24.3 Å². The monoisotopic (exact) mass is 368 g/mol. The minimum atomic E-state index is -0.698. The molecule has 0 aliphatic heterocycles. The summed E-state index contributed by atoms with van der Waals surface area (Å²) in [5, 5.41) is 0. The number of rotatable bonds is 8. The van der Waals surface area contributed by atoms with Gasteiger partial charge in [-0.3, -0.25) is 9.59 Å². The Bertz CT molecular complexity index is 540. The fourth-order valence-corrected chi connectivity index (χ4v) is 2.44. The molecule has 0 N–H and O–H groups in total. The summed E-state index contributed by atoms with van der Waals surface area (Å²) in [5.74, 6) is -4.01. The van der Waals surface area contributed by atoms with Gasteiger partial charge in [-0.25, -0.2) is 9.59 Å². The Morgan fingerprint density at radius 3 is 1.38 bits per heavy atom. The summed E-state index contributed by atoms with van der Waals surface area (Å²) in [7, 11) is 0. The van der Waals surface area contributed by atoms with Gasteiger partial charge >= 0.3 is 23.9 Å². The number of hydrogen-bond acceptors (Lipinski definition) is 8. The van der Waals surface area contributed by atoms with Gasteiger partial charge in [0, 0.05) is 11.1 Å². The summed E-state index contributed by atoms with van der Waals surface area (Å²) in [5.41, 5.74) is 0.369. The smallest absolute Gasteiger partial charge is 0.335 e. The first-order valence-electron chi connectivity index (χ1n) is 8.22. The van der Waals surface area contributed by atoms with Gasteiger partial charge in [-0.05, 0) is 26.7 Å². The van der Waals surface area contributed by atoms with Crippen molar-refractivity contribution < 1.29 is 38.1 Å². The van der Waals surface area contributed by atoms with Gasteiger partial charge in [-0.15, -0.1) is 0 Å². The van der Waals surface area contributed by atoms with E-state index in [0.29, 0.717) is 12.8 Å². The number of ether oxygens (including phenoxy) is 4. The zero-order chi connectivity index (χ0) is 19.7. The molecule has 1 aliphatic carbocycles. The van der Waals surface area contributed by atoms with Crippen LogP contribution in [0.3, 0.4) is 0 Å². The predicted octanol–water partition coefficient (Wildman–Crippen LogP) is 2.03. The fourth-order valence-electron chi connectivity index (χ4n) is 2.44. The van der Waals surface area contributed by atoms with Gasteiger partial charge in [-0.1, -0.05) is 26.0 Å². The molecule has 0 aromatic heterocycles. The molecule has 0 spiro atoms. The molecule has 0 aromatic carbocycles. The van der Waals surface area contributed by atoms with Crippen LogP contribution in [0.4, 0.5) is 0 Å². The molecule has 0 bridgehead atoms. The summed E-state index contributed by atoms with van der Waals surface area (Å²) in [6, 6.07) is 0. The van der Waals surface area contributed by atoms with Crippen LogP contribution in [0.1, 0.15) is 39.5 Å². The Kier molecular flexibility index (Phi) is 8.54. The molecule has 1 aliphatic rings. The van der Waals surface area contributed by atoms with E-state index >= 15 is 0 Å². The third-order valence-electron chi connectivity index (χ3n) is 3.85. The normalized spacial score (nSPS) is 19.0. The van der Waals surface area contributed by atoms with Crippen molar-refractivity contribution in [1.29, 1.82) is 0 Å². The van der Waals surface area contributed by atoms with Crippen molar-refractivity contribution in [1.82, 2.24) is 0 Å². The Morgan fingerprint density at radius 2 is 1.08 bits per heavy atom. The van der Waals surface area contributed by atoms with E-state index in [9.17, 15) is 19.2 Å². The highest BCUT2D eigenvalue weighted by Crippen LogP contribution is 2.32. The molecular weight excluding hydrogens is 344 g/mol. The average molecular weight is 368 g/mol. The SMILES string of the molecule is C=C(C)C(=O)OCOC(=O)C1CCCCC1C(=O)OCOC(=O)C(=C)C. The van der Waals surface area contributed by atoms with Gasteiger partial charge < -0.3 is 18.9 Å². The zero-order valence-electron chi connectivity index (χ0n) is 15.1. The summed E-state index contributed by atoms with van der Waals surface area (Å²) in [4.78, 5) is 46.9. The molecule has 0 radical (unpaired) electrons. The van der Waals surface area contributed by atoms with Crippen molar-refractivity contribution in [2.75, 3.05) is 13.6 Å². The summed E-state index contributed by atoms with van der Waals surface area (Å²) in [6.07, 6.45) is 2.44. The maximum Gasteiger partial charge on any atom is 0.335 e. The molecule has 2 atom stereocenters. The van der Waals surface area contributed by atoms with Crippen LogP contribution < -0.4 is 0 Å². The standard InChI is InChI=1S/C18H24O8/c1-11(2)15(19)23-9-25-17(21)13-7-5-6-8-14(13)18(22)26-10-24-16(20)12(3)4/h13-14H,1,3,5-10H2,2,4H3. The van der Waals surface area contributed by atoms with Crippen molar-refractivity contribution >= 4 is 23.9 Å². The molecule has 2 unspecified atom stereocenters. The van der Waals surface area contributed by atoms with Crippen molar-refractivity contribution in [3.63, 3.8) is 0 Å². The van der Waals surface area contributed by atoms with Crippen molar-refractivity contribution in [3.05, 3.63) is 24.3 Å². The molecule has 0 amide bonds. The third-order valence-corrected chi connectivity index (χ3v) is 3.85. The largest absolute Gasteiger partial charge is 0.428 e. The molecular formula is C18H24O8. The van der Waals surface area contributed by atoms with Crippen LogP contribution in [-0.4, -0.2) is 37.5 Å². The Labute approximate surface area is 152 Å². The lowest BCUT2D eigenvalue weighted by Crippen LogP contribution is -2.35. The molecule has 144 valence electrons. The van der Waals surface area contributed by atoms with Crippen LogP contribution in [0.25, 0.3) is 0 Å². The van der Waals surface area contributed by atoms with E-state index in [-0.39, 0.29) is 11.1 Å². The summed E-state index contributed by atoms with van der Waals surface area (Å²) < 4.78 is 19.3. The molecule has 8 heteroatoms. The van der Waals surface area contributed by atoms with Gasteiger partial charge in [0.2, 0.25) is 13.6 Å². The van der Waals surface area contributed by atoms with E-state index in [1.54, 1.807) is 0 Å². The van der Waals surface area contributed by atoms with E-state index in [4.69, 9.17) is 18.9 Å². The zero-order valence-corrected chi connectivity index (χ0v) is 15.1. The summed E-state index contributed by atoms with van der Waals surface area (Å²) >= 11 is 0. The Balaban J connectivity index is 2.51. The molecule has 1 rings (SSSR count). The van der Waals surface area contributed by atoms with Gasteiger partial charge in [0.1, 0.15) is 0 Å². The number of esters is 4. The van der Waals surface area contributed by atoms with E-state index in [1.807, 2.05) is 0 Å². The molecule has 0 heterocycles. The first-order valence-corrected chi connectivity index (χ1v) is 8.22. The fraction of sp³-hybridized carbons (Fsp3) is 0.556. The highest BCUT2D eigenvalue weighted by atomic mass is 16.7. The highest BCUT2D eigenvalue weighted by Gasteiger charge is 2.38. The summed E-state index contributed by atoms with van der Waals surface area (Å²) in [6.45, 7) is 8.68. The van der Waals surface area contributed by atoms with E-state index < -0.39 is 49.3 Å². The Morgan fingerprint density at radius 1 is 0.731 bits per heavy atom. The lowest BCUT2D eigenvalue weighted by atomic mass is 9.79. The van der Waals surface area contributed by atoms with E-state index in [1.165, 1.54) is 13.8 Å². The van der Waals surface area contributed by atoms with Gasteiger partial charge in [-0.2, -0.15) is 0 Å². The second kappa shape index (κ2) is 10.4. The molecule has 0 saturated heterocycles. The molecule has 1 fully saturated rings. The van der Waals surface area contributed by atoms with Crippen molar-refractivity contribution in [2.24, 2.45) is 11.8 Å². The van der Waals surface area contributed by atoms with Gasteiger partial charge in [0.25, 0.3) is 0 Å². The first kappa shape index (κ1) is 21.4. The minimum absolute atomic E-state index is 0.185. The molecule has 8 nitrogen and oxygen atoms in total. The molecule has 26 heavy (non-hydrogen) atoms. The topological polar surface area (TPSA) is 105 Å². The highest BCUT2D eigenvalue weighted by molar-refractivity contribution is 5.87. The maximum absolute atomic E-state index is 12.2. The van der Waals surface area contributed by atoms with E-state index in [2.05, 4.69) is 13.2 Å². The lowest BCUT2D eigenvalue weighted by molar-refractivity contribution is -0.179. The van der Waals surface area contributed by atoms with Crippen LogP contribution >= 0.6 is 0 Å². The maximum atomic E-state index is 12.2. The third kappa shape index (κ3) is 6.70. The number of carbonyl (C=O) groups excluding carboxylic acids is 4. The minimum Gasteiger partial charge on any atom is -0.428 e. The first-order chi connectivity index (χ1) is 12.2. The van der Waals surface area contributed by atoms with Crippen LogP contribution in [0.5, 0.6) is 0 Å². The van der Waals surface area contributed by atoms with Crippen molar-refractivity contribution in [3.8, 4) is 0 Å². The van der Waals surface area contributed by atoms with Gasteiger partial charge in [0.15, 0.2) is 0 Å². The number of hydrogen-bond donors (Lipinski definition) is 0. The molecule has 0 aromatic rings. The van der Waals surface area contributed by atoms with Gasteiger partial charge in [0.05, 0.1) is 11.8 Å². The average Bonchev–Trinajstić information content (AvgIpc) is 2.60. The van der Waals surface area contributed by atoms with Crippen LogP contribution in [0, 0.1) is 11.8 Å². The number of carbonyl (C=O) groups is 4. The Hall–Kier alpha value is -2.64. The quantitative estimate of drug-likeness (QED) is 0.364. The lowest BCUT2D eigenvalue weighted by Gasteiger charge is -2.28. The van der Waals surface area contributed by atoms with Crippen LogP contribution in [0.2, 0.25) is 0 Å². The van der Waals surface area contributed by atoms with Crippen LogP contribution in [-0.2, 0) is 38.1 Å². The molecule has 1 saturated carbocycles.